The molecular weight excluding hydrogens is 260 g/mol. The van der Waals surface area contributed by atoms with Crippen LogP contribution >= 0.6 is 0 Å². The molecule has 1 unspecified atom stereocenters. The van der Waals surface area contributed by atoms with Gasteiger partial charge in [-0.25, -0.2) is 4.79 Å². The third kappa shape index (κ3) is 2.40. The summed E-state index contributed by atoms with van der Waals surface area (Å²) in [6, 6.07) is 7.94. The standard InChI is InChI=1S/C14H14N2O4/c1-10(14(19)20-2)15-8-9-16(13(18)12(15)17)11-6-4-3-5-7-11/h3-10H,1-2H3. The van der Waals surface area contributed by atoms with Crippen molar-refractivity contribution in [3.05, 3.63) is 63.4 Å². The summed E-state index contributed by atoms with van der Waals surface area (Å²) in [5.74, 6) is -0.580. The molecule has 0 aliphatic rings. The molecule has 0 fully saturated rings. The van der Waals surface area contributed by atoms with Crippen molar-refractivity contribution in [1.82, 2.24) is 9.13 Å². The van der Waals surface area contributed by atoms with Crippen molar-refractivity contribution >= 4 is 5.97 Å². The maximum atomic E-state index is 12.1. The summed E-state index contributed by atoms with van der Waals surface area (Å²) in [6.07, 6.45) is 2.86. The van der Waals surface area contributed by atoms with Crippen LogP contribution in [-0.2, 0) is 9.53 Å². The summed E-state index contributed by atoms with van der Waals surface area (Å²) < 4.78 is 6.87. The molecule has 2 rings (SSSR count). The lowest BCUT2D eigenvalue weighted by molar-refractivity contribution is -0.144. The lowest BCUT2D eigenvalue weighted by atomic mass is 10.3. The van der Waals surface area contributed by atoms with Crippen LogP contribution in [-0.4, -0.2) is 22.2 Å². The van der Waals surface area contributed by atoms with Crippen molar-refractivity contribution in [2.75, 3.05) is 7.11 Å². The van der Waals surface area contributed by atoms with Gasteiger partial charge in [0.25, 0.3) is 0 Å². The zero-order valence-corrected chi connectivity index (χ0v) is 11.1. The highest BCUT2D eigenvalue weighted by Gasteiger charge is 2.18. The normalized spacial score (nSPS) is 11.9. The molecule has 1 aromatic carbocycles. The Morgan fingerprint density at radius 2 is 1.75 bits per heavy atom. The minimum Gasteiger partial charge on any atom is -0.467 e. The molecular formula is C14H14N2O4. The molecule has 1 atom stereocenters. The van der Waals surface area contributed by atoms with E-state index in [-0.39, 0.29) is 0 Å². The number of hydrogen-bond acceptors (Lipinski definition) is 4. The van der Waals surface area contributed by atoms with Gasteiger partial charge in [-0.3, -0.25) is 18.7 Å². The molecule has 0 radical (unpaired) electrons. The second-order valence-electron chi connectivity index (χ2n) is 4.22. The van der Waals surface area contributed by atoms with Gasteiger partial charge in [-0.05, 0) is 19.1 Å². The first kappa shape index (κ1) is 13.8. The molecule has 2 aromatic rings. The Bertz CT molecular complexity index is 731. The molecule has 0 amide bonds. The number of carbonyl (C=O) groups excluding carboxylic acids is 1. The number of benzene rings is 1. The third-order valence-corrected chi connectivity index (χ3v) is 3.01. The highest BCUT2D eigenvalue weighted by molar-refractivity contribution is 5.73. The monoisotopic (exact) mass is 274 g/mol. The van der Waals surface area contributed by atoms with Gasteiger partial charge < -0.3 is 4.74 Å². The van der Waals surface area contributed by atoms with Crippen molar-refractivity contribution in [2.24, 2.45) is 0 Å². The zero-order valence-electron chi connectivity index (χ0n) is 11.1. The molecule has 0 aliphatic heterocycles. The SMILES string of the molecule is COC(=O)C(C)n1ccn(-c2ccccc2)c(=O)c1=O. The minimum atomic E-state index is -0.842. The number of ether oxygens (including phenoxy) is 1. The Morgan fingerprint density at radius 3 is 2.35 bits per heavy atom. The fourth-order valence-corrected chi connectivity index (χ4v) is 1.87. The summed E-state index contributed by atoms with van der Waals surface area (Å²) in [5, 5.41) is 0. The van der Waals surface area contributed by atoms with E-state index in [4.69, 9.17) is 0 Å². The lowest BCUT2D eigenvalue weighted by Crippen LogP contribution is -2.42. The van der Waals surface area contributed by atoms with E-state index in [1.165, 1.54) is 31.0 Å². The summed E-state index contributed by atoms with van der Waals surface area (Å²) >= 11 is 0. The van der Waals surface area contributed by atoms with Crippen LogP contribution in [0, 0.1) is 0 Å². The largest absolute Gasteiger partial charge is 0.467 e. The average molecular weight is 274 g/mol. The molecule has 0 N–H and O–H groups in total. The van der Waals surface area contributed by atoms with Crippen molar-refractivity contribution < 1.29 is 9.53 Å². The molecule has 1 aromatic heterocycles. The van der Waals surface area contributed by atoms with Crippen molar-refractivity contribution in [2.45, 2.75) is 13.0 Å². The topological polar surface area (TPSA) is 70.3 Å². The first-order chi connectivity index (χ1) is 9.56. The van der Waals surface area contributed by atoms with Gasteiger partial charge in [-0.2, -0.15) is 0 Å². The highest BCUT2D eigenvalue weighted by atomic mass is 16.5. The van der Waals surface area contributed by atoms with Gasteiger partial charge in [0.1, 0.15) is 6.04 Å². The van der Waals surface area contributed by atoms with Crippen LogP contribution in [0.5, 0.6) is 0 Å². The number of rotatable bonds is 3. The van der Waals surface area contributed by atoms with Crippen molar-refractivity contribution in [3.8, 4) is 5.69 Å². The molecule has 0 spiro atoms. The van der Waals surface area contributed by atoms with E-state index in [9.17, 15) is 14.4 Å². The number of carbonyl (C=O) groups is 1. The van der Waals surface area contributed by atoms with Gasteiger partial charge in [-0.15, -0.1) is 0 Å². The summed E-state index contributed by atoms with van der Waals surface area (Å²) in [6.45, 7) is 1.50. The molecule has 1 heterocycles. The lowest BCUT2D eigenvalue weighted by Gasteiger charge is -2.13. The number of para-hydroxylation sites is 1. The maximum Gasteiger partial charge on any atom is 0.328 e. The maximum absolute atomic E-state index is 12.1. The van der Waals surface area contributed by atoms with Crippen LogP contribution < -0.4 is 11.1 Å². The van der Waals surface area contributed by atoms with Crippen molar-refractivity contribution in [1.29, 1.82) is 0 Å². The number of hydrogen-bond donors (Lipinski definition) is 0. The zero-order chi connectivity index (χ0) is 14.7. The van der Waals surface area contributed by atoms with E-state index >= 15 is 0 Å². The minimum absolute atomic E-state index is 0.580. The van der Waals surface area contributed by atoms with E-state index in [1.54, 1.807) is 24.3 Å². The number of esters is 1. The molecule has 0 saturated heterocycles. The summed E-state index contributed by atoms with van der Waals surface area (Å²) in [5.41, 5.74) is -0.892. The third-order valence-electron chi connectivity index (χ3n) is 3.01. The smallest absolute Gasteiger partial charge is 0.328 e. The van der Waals surface area contributed by atoms with Crippen LogP contribution in [0.4, 0.5) is 0 Å². The molecule has 104 valence electrons. The van der Waals surface area contributed by atoms with Crippen LogP contribution in [0.3, 0.4) is 0 Å². The van der Waals surface area contributed by atoms with Gasteiger partial charge in [0.05, 0.1) is 7.11 Å². The van der Waals surface area contributed by atoms with Gasteiger partial charge in [0.2, 0.25) is 0 Å². The van der Waals surface area contributed by atoms with Gasteiger partial charge in [0.15, 0.2) is 0 Å². The quantitative estimate of drug-likeness (QED) is 0.611. The van der Waals surface area contributed by atoms with Crippen LogP contribution in [0.1, 0.15) is 13.0 Å². The second kappa shape index (κ2) is 5.56. The van der Waals surface area contributed by atoms with Crippen LogP contribution in [0.25, 0.3) is 5.69 Å². The predicted molar refractivity (Wildman–Crippen MR) is 73.0 cm³/mol. The number of methoxy groups -OCH3 is 1. The van der Waals surface area contributed by atoms with Gasteiger partial charge in [-0.1, -0.05) is 18.2 Å². The summed E-state index contributed by atoms with van der Waals surface area (Å²) in [7, 11) is 1.23. The molecule has 0 aliphatic carbocycles. The van der Waals surface area contributed by atoms with Crippen molar-refractivity contribution in [3.63, 3.8) is 0 Å². The van der Waals surface area contributed by atoms with E-state index in [0.717, 1.165) is 4.57 Å². The Kier molecular flexibility index (Phi) is 3.84. The Hall–Kier alpha value is -2.63. The van der Waals surface area contributed by atoms with E-state index in [2.05, 4.69) is 4.74 Å². The average Bonchev–Trinajstić information content (AvgIpc) is 2.49. The Labute approximate surface area is 114 Å². The number of nitrogens with zero attached hydrogens (tertiary/aromatic N) is 2. The first-order valence-corrected chi connectivity index (χ1v) is 6.03. The summed E-state index contributed by atoms with van der Waals surface area (Å²) in [4.78, 5) is 35.6. The van der Waals surface area contributed by atoms with Gasteiger partial charge >= 0.3 is 17.1 Å². The van der Waals surface area contributed by atoms with E-state index < -0.39 is 23.1 Å². The Balaban J connectivity index is 2.54. The molecule has 0 saturated carbocycles. The first-order valence-electron chi connectivity index (χ1n) is 6.03. The predicted octanol–water partition coefficient (Wildman–Crippen LogP) is 0.733. The Morgan fingerprint density at radius 1 is 1.10 bits per heavy atom. The van der Waals surface area contributed by atoms with Crippen LogP contribution in [0.15, 0.2) is 52.3 Å². The second-order valence-corrected chi connectivity index (χ2v) is 4.22. The molecule has 0 bridgehead atoms. The van der Waals surface area contributed by atoms with E-state index in [0.29, 0.717) is 5.69 Å². The fraction of sp³-hybridized carbons (Fsp3) is 0.214. The highest BCUT2D eigenvalue weighted by Crippen LogP contribution is 2.05. The molecule has 20 heavy (non-hydrogen) atoms. The molecule has 6 nitrogen and oxygen atoms in total. The van der Waals surface area contributed by atoms with Crippen LogP contribution in [0.2, 0.25) is 0 Å². The van der Waals surface area contributed by atoms with Gasteiger partial charge in [0, 0.05) is 18.1 Å². The molecule has 6 heteroatoms. The fourth-order valence-electron chi connectivity index (χ4n) is 1.87. The van der Waals surface area contributed by atoms with E-state index in [1.807, 2.05) is 6.07 Å². The number of aromatic nitrogens is 2.